The van der Waals surface area contributed by atoms with Gasteiger partial charge in [0.05, 0.1) is 13.5 Å². The molecule has 0 bridgehead atoms. The van der Waals surface area contributed by atoms with Crippen molar-refractivity contribution in [2.45, 2.75) is 19.9 Å². The number of ether oxygens (including phenoxy) is 1. The van der Waals surface area contributed by atoms with E-state index in [1.807, 2.05) is 0 Å². The van der Waals surface area contributed by atoms with E-state index in [0.29, 0.717) is 5.56 Å². The summed E-state index contributed by atoms with van der Waals surface area (Å²) in [6.45, 7) is 1.53. The maximum atomic E-state index is 13.3. The molecule has 0 unspecified atom stereocenters. The van der Waals surface area contributed by atoms with Gasteiger partial charge in [0, 0.05) is 6.54 Å². The van der Waals surface area contributed by atoms with Gasteiger partial charge in [-0.2, -0.15) is 0 Å². The highest BCUT2D eigenvalue weighted by Gasteiger charge is 2.06. The van der Waals surface area contributed by atoms with Gasteiger partial charge in [-0.3, -0.25) is 9.59 Å². The molecular formula is C12H14FNO3. The molecule has 92 valence electrons. The molecule has 17 heavy (non-hydrogen) atoms. The van der Waals surface area contributed by atoms with Gasteiger partial charge in [-0.25, -0.2) is 4.39 Å². The van der Waals surface area contributed by atoms with Crippen LogP contribution in [0.3, 0.4) is 0 Å². The van der Waals surface area contributed by atoms with Crippen LogP contribution in [0.5, 0.6) is 5.75 Å². The Morgan fingerprint density at radius 3 is 2.65 bits per heavy atom. The molecule has 0 aliphatic rings. The third kappa shape index (κ3) is 4.22. The van der Waals surface area contributed by atoms with Crippen LogP contribution in [0.4, 0.5) is 4.39 Å². The molecule has 1 aromatic rings. The van der Waals surface area contributed by atoms with Crippen LogP contribution >= 0.6 is 0 Å². The van der Waals surface area contributed by atoms with E-state index in [4.69, 9.17) is 4.74 Å². The number of nitrogens with one attached hydrogen (secondary N) is 1. The van der Waals surface area contributed by atoms with Gasteiger partial charge >= 0.3 is 0 Å². The summed E-state index contributed by atoms with van der Waals surface area (Å²) >= 11 is 0. The van der Waals surface area contributed by atoms with E-state index in [-0.39, 0.29) is 30.4 Å². The van der Waals surface area contributed by atoms with Crippen molar-refractivity contribution in [3.05, 3.63) is 29.6 Å². The van der Waals surface area contributed by atoms with Gasteiger partial charge in [0.25, 0.3) is 0 Å². The van der Waals surface area contributed by atoms with E-state index in [1.165, 1.54) is 26.2 Å². The number of hydrogen-bond acceptors (Lipinski definition) is 3. The number of Topliss-reactive ketones (excluding diaryl/α,β-unsaturated/α-hetero) is 1. The fourth-order valence-electron chi connectivity index (χ4n) is 1.31. The van der Waals surface area contributed by atoms with Crippen LogP contribution < -0.4 is 10.1 Å². The fourth-order valence-corrected chi connectivity index (χ4v) is 1.31. The molecule has 0 atom stereocenters. The molecule has 5 heteroatoms. The van der Waals surface area contributed by atoms with Crippen molar-refractivity contribution in [3.8, 4) is 5.75 Å². The van der Waals surface area contributed by atoms with Crippen molar-refractivity contribution in [1.29, 1.82) is 0 Å². The zero-order chi connectivity index (χ0) is 12.8. The number of rotatable bonds is 5. The maximum absolute atomic E-state index is 13.3. The van der Waals surface area contributed by atoms with Crippen LogP contribution in [-0.4, -0.2) is 18.8 Å². The lowest BCUT2D eigenvalue weighted by Gasteiger charge is -2.06. The quantitative estimate of drug-likeness (QED) is 0.791. The second-order valence-corrected chi connectivity index (χ2v) is 3.62. The lowest BCUT2D eigenvalue weighted by Crippen LogP contribution is -2.24. The third-order valence-corrected chi connectivity index (χ3v) is 2.12. The Labute approximate surface area is 98.8 Å². The Bertz CT molecular complexity index is 432. The Hall–Kier alpha value is -1.91. The zero-order valence-electron chi connectivity index (χ0n) is 9.75. The SMILES string of the molecule is COc1ccc(CNC(=O)CC(C)=O)cc1F. The summed E-state index contributed by atoms with van der Waals surface area (Å²) in [5.41, 5.74) is 0.611. The Balaban J connectivity index is 2.55. The normalized spacial score (nSPS) is 9.82. The number of amides is 1. The average molecular weight is 239 g/mol. The molecule has 0 aliphatic heterocycles. The van der Waals surface area contributed by atoms with Crippen molar-refractivity contribution >= 4 is 11.7 Å². The van der Waals surface area contributed by atoms with Gasteiger partial charge in [0.15, 0.2) is 11.6 Å². The first-order valence-electron chi connectivity index (χ1n) is 5.11. The summed E-state index contributed by atoms with van der Waals surface area (Å²) in [5.74, 6) is -0.897. The van der Waals surface area contributed by atoms with Crippen LogP contribution in [0.25, 0.3) is 0 Å². The minimum atomic E-state index is -0.481. The molecule has 0 spiro atoms. The monoisotopic (exact) mass is 239 g/mol. The fraction of sp³-hybridized carbons (Fsp3) is 0.333. The second kappa shape index (κ2) is 5.98. The van der Waals surface area contributed by atoms with Gasteiger partial charge in [-0.15, -0.1) is 0 Å². The van der Waals surface area contributed by atoms with E-state index in [9.17, 15) is 14.0 Å². The summed E-state index contributed by atoms with van der Waals surface area (Å²) in [7, 11) is 1.38. The molecule has 0 saturated carbocycles. The lowest BCUT2D eigenvalue weighted by molar-refractivity contribution is -0.127. The first-order valence-corrected chi connectivity index (χ1v) is 5.11. The Morgan fingerprint density at radius 2 is 2.12 bits per heavy atom. The first kappa shape index (κ1) is 13.2. The molecule has 4 nitrogen and oxygen atoms in total. The molecular weight excluding hydrogens is 225 g/mol. The van der Waals surface area contributed by atoms with Crippen molar-refractivity contribution in [2.24, 2.45) is 0 Å². The van der Waals surface area contributed by atoms with Crippen LogP contribution in [0.1, 0.15) is 18.9 Å². The molecule has 0 heterocycles. The first-order chi connectivity index (χ1) is 8.02. The highest BCUT2D eigenvalue weighted by molar-refractivity contribution is 5.96. The second-order valence-electron chi connectivity index (χ2n) is 3.62. The number of carbonyl (C=O) groups is 2. The van der Waals surface area contributed by atoms with Gasteiger partial charge in [-0.1, -0.05) is 6.07 Å². The number of methoxy groups -OCH3 is 1. The molecule has 1 N–H and O–H groups in total. The minimum absolute atomic E-state index is 0.154. The molecule has 1 amide bonds. The predicted molar refractivity (Wildman–Crippen MR) is 60.1 cm³/mol. The molecule has 0 fully saturated rings. The van der Waals surface area contributed by atoms with E-state index in [2.05, 4.69) is 5.32 Å². The molecule has 0 radical (unpaired) electrons. The van der Waals surface area contributed by atoms with Gasteiger partial charge in [0.1, 0.15) is 5.78 Å². The van der Waals surface area contributed by atoms with E-state index in [1.54, 1.807) is 6.07 Å². The topological polar surface area (TPSA) is 55.4 Å². The maximum Gasteiger partial charge on any atom is 0.227 e. The van der Waals surface area contributed by atoms with Gasteiger partial charge in [0.2, 0.25) is 5.91 Å². The van der Waals surface area contributed by atoms with Crippen LogP contribution in [0, 0.1) is 5.82 Å². The van der Waals surface area contributed by atoms with Crippen LogP contribution in [0.2, 0.25) is 0 Å². The summed E-state index contributed by atoms with van der Waals surface area (Å²) < 4.78 is 18.1. The summed E-state index contributed by atoms with van der Waals surface area (Å²) in [6.07, 6.45) is -0.154. The number of halogens is 1. The highest BCUT2D eigenvalue weighted by Crippen LogP contribution is 2.17. The Kier molecular flexibility index (Phi) is 4.63. The van der Waals surface area contributed by atoms with E-state index < -0.39 is 5.82 Å². The average Bonchev–Trinajstić information content (AvgIpc) is 2.25. The van der Waals surface area contributed by atoms with Crippen molar-refractivity contribution in [1.82, 2.24) is 5.32 Å². The van der Waals surface area contributed by atoms with E-state index >= 15 is 0 Å². The summed E-state index contributed by atoms with van der Waals surface area (Å²) in [4.78, 5) is 21.9. The smallest absolute Gasteiger partial charge is 0.227 e. The summed E-state index contributed by atoms with van der Waals surface area (Å²) in [6, 6.07) is 4.42. The molecule has 0 aliphatic carbocycles. The van der Waals surface area contributed by atoms with Crippen molar-refractivity contribution in [2.75, 3.05) is 7.11 Å². The molecule has 1 rings (SSSR count). The molecule has 0 aromatic heterocycles. The number of ketones is 1. The summed E-state index contributed by atoms with van der Waals surface area (Å²) in [5, 5.41) is 2.53. The van der Waals surface area contributed by atoms with Gasteiger partial charge in [-0.05, 0) is 24.6 Å². The largest absolute Gasteiger partial charge is 0.494 e. The van der Waals surface area contributed by atoms with E-state index in [0.717, 1.165) is 0 Å². The van der Waals surface area contributed by atoms with Crippen molar-refractivity contribution < 1.29 is 18.7 Å². The Morgan fingerprint density at radius 1 is 1.41 bits per heavy atom. The minimum Gasteiger partial charge on any atom is -0.494 e. The highest BCUT2D eigenvalue weighted by atomic mass is 19.1. The number of hydrogen-bond donors (Lipinski definition) is 1. The zero-order valence-corrected chi connectivity index (χ0v) is 9.75. The van der Waals surface area contributed by atoms with Crippen LogP contribution in [-0.2, 0) is 16.1 Å². The predicted octanol–water partition coefficient (Wildman–Crippen LogP) is 1.43. The number of carbonyl (C=O) groups excluding carboxylic acids is 2. The molecule has 0 saturated heterocycles. The number of benzene rings is 1. The van der Waals surface area contributed by atoms with Crippen LogP contribution in [0.15, 0.2) is 18.2 Å². The lowest BCUT2D eigenvalue weighted by atomic mass is 10.2. The van der Waals surface area contributed by atoms with Gasteiger partial charge < -0.3 is 10.1 Å². The third-order valence-electron chi connectivity index (χ3n) is 2.12. The standard InChI is InChI=1S/C12H14FNO3/c1-8(15)5-12(16)14-7-9-3-4-11(17-2)10(13)6-9/h3-4,6H,5,7H2,1-2H3,(H,14,16). The molecule has 1 aromatic carbocycles. The van der Waals surface area contributed by atoms with Crippen molar-refractivity contribution in [3.63, 3.8) is 0 Å².